The maximum atomic E-state index is 12.3. The van der Waals surface area contributed by atoms with Crippen LogP contribution in [0.15, 0.2) is 29.1 Å². The van der Waals surface area contributed by atoms with Crippen molar-refractivity contribution in [1.82, 2.24) is 14.5 Å². The molecule has 2 aromatic rings. The van der Waals surface area contributed by atoms with Gasteiger partial charge in [0.25, 0.3) is 0 Å². The molecule has 22 heavy (non-hydrogen) atoms. The molecule has 1 aliphatic heterocycles. The number of H-pyrrole nitrogens is 1. The number of fused-ring (bicyclic) bond motifs is 1. The molecule has 1 aromatic heterocycles. The molecule has 1 aliphatic rings. The van der Waals surface area contributed by atoms with Crippen LogP contribution in [0.5, 0.6) is 0 Å². The number of amides is 1. The summed E-state index contributed by atoms with van der Waals surface area (Å²) in [6.07, 6.45) is -2.15. The average Bonchev–Trinajstić information content (AvgIpc) is 2.82. The molecule has 3 rings (SSSR count). The third-order valence-electron chi connectivity index (χ3n) is 4.14. The van der Waals surface area contributed by atoms with E-state index in [1.54, 1.807) is 4.57 Å². The van der Waals surface area contributed by atoms with Crippen LogP contribution in [0.4, 0.5) is 8.78 Å². The second-order valence-corrected chi connectivity index (χ2v) is 5.52. The molecular formula is C15H17F2N3O2. The fourth-order valence-electron chi connectivity index (χ4n) is 3.07. The van der Waals surface area contributed by atoms with Crippen LogP contribution in [0.2, 0.25) is 0 Å². The van der Waals surface area contributed by atoms with Gasteiger partial charge in [-0.05, 0) is 25.0 Å². The number of aromatic amines is 1. The van der Waals surface area contributed by atoms with Crippen LogP contribution < -0.4 is 5.69 Å². The predicted octanol–water partition coefficient (Wildman–Crippen LogP) is 2.15. The summed E-state index contributed by atoms with van der Waals surface area (Å²) in [5.74, 6) is -0.514. The number of carbonyl (C=O) groups excluding carboxylic acids is 1. The van der Waals surface area contributed by atoms with Crippen molar-refractivity contribution in [3.63, 3.8) is 0 Å². The highest BCUT2D eigenvalue weighted by Gasteiger charge is 2.27. The largest absolute Gasteiger partial charge is 0.342 e. The Kier molecular flexibility index (Phi) is 3.96. The van der Waals surface area contributed by atoms with Gasteiger partial charge in [-0.15, -0.1) is 0 Å². The lowest BCUT2D eigenvalue weighted by molar-refractivity contribution is -0.135. The number of nitrogens with zero attached hydrogens (tertiary/aromatic N) is 2. The van der Waals surface area contributed by atoms with Gasteiger partial charge in [0.1, 0.15) is 0 Å². The van der Waals surface area contributed by atoms with E-state index in [9.17, 15) is 18.4 Å². The van der Waals surface area contributed by atoms with Gasteiger partial charge in [-0.2, -0.15) is 0 Å². The average molecular weight is 309 g/mol. The minimum atomic E-state index is -2.61. The normalized spacial score (nSPS) is 16.6. The second kappa shape index (κ2) is 5.90. The summed E-state index contributed by atoms with van der Waals surface area (Å²) in [7, 11) is 0. The van der Waals surface area contributed by atoms with Crippen molar-refractivity contribution in [2.75, 3.05) is 13.1 Å². The van der Waals surface area contributed by atoms with Crippen molar-refractivity contribution < 1.29 is 13.6 Å². The molecule has 0 saturated carbocycles. The summed E-state index contributed by atoms with van der Waals surface area (Å²) < 4.78 is 26.3. The zero-order chi connectivity index (χ0) is 15.7. The topological polar surface area (TPSA) is 58.1 Å². The summed E-state index contributed by atoms with van der Waals surface area (Å²) in [6.45, 7) is 0.810. The number of hydrogen-bond donors (Lipinski definition) is 1. The molecule has 1 aromatic carbocycles. The van der Waals surface area contributed by atoms with E-state index in [1.807, 2.05) is 24.3 Å². The van der Waals surface area contributed by atoms with Gasteiger partial charge in [-0.3, -0.25) is 9.36 Å². The Hall–Kier alpha value is -2.18. The van der Waals surface area contributed by atoms with Crippen molar-refractivity contribution >= 4 is 16.9 Å². The quantitative estimate of drug-likeness (QED) is 0.944. The van der Waals surface area contributed by atoms with Crippen LogP contribution in [0.25, 0.3) is 11.0 Å². The Morgan fingerprint density at radius 3 is 2.64 bits per heavy atom. The van der Waals surface area contributed by atoms with Crippen LogP contribution in [0.1, 0.15) is 25.3 Å². The Morgan fingerprint density at radius 1 is 1.27 bits per heavy atom. The predicted molar refractivity (Wildman–Crippen MR) is 78.0 cm³/mol. The molecule has 0 aliphatic carbocycles. The number of aromatic nitrogens is 2. The monoisotopic (exact) mass is 309 g/mol. The number of likely N-dealkylation sites (tertiary alicyclic amines) is 1. The Balaban J connectivity index is 1.75. The molecule has 0 unspecified atom stereocenters. The highest BCUT2D eigenvalue weighted by atomic mass is 19.3. The lowest BCUT2D eigenvalue weighted by atomic mass is 10.0. The van der Waals surface area contributed by atoms with E-state index in [1.165, 1.54) is 4.90 Å². The molecule has 1 fully saturated rings. The number of rotatable bonds is 3. The zero-order valence-electron chi connectivity index (χ0n) is 12.0. The van der Waals surface area contributed by atoms with Crippen LogP contribution in [0, 0.1) is 0 Å². The van der Waals surface area contributed by atoms with Crippen LogP contribution >= 0.6 is 0 Å². The van der Waals surface area contributed by atoms with Crippen LogP contribution in [-0.4, -0.2) is 39.9 Å². The summed E-state index contributed by atoms with van der Waals surface area (Å²) >= 11 is 0. The van der Waals surface area contributed by atoms with Gasteiger partial charge in [0, 0.05) is 19.1 Å². The highest BCUT2D eigenvalue weighted by molar-refractivity contribution is 5.77. The summed E-state index contributed by atoms with van der Waals surface area (Å²) in [5, 5.41) is 0. The molecule has 1 amide bonds. The van der Waals surface area contributed by atoms with Gasteiger partial charge in [0.05, 0.1) is 17.5 Å². The molecule has 5 nitrogen and oxygen atoms in total. The molecule has 0 bridgehead atoms. The SMILES string of the molecule is O=C(CC(F)F)N1CCC(n2c(=O)[nH]c3ccccc32)CC1. The summed E-state index contributed by atoms with van der Waals surface area (Å²) in [6, 6.07) is 7.43. The summed E-state index contributed by atoms with van der Waals surface area (Å²) in [4.78, 5) is 28.1. The van der Waals surface area contributed by atoms with E-state index >= 15 is 0 Å². The van der Waals surface area contributed by atoms with Crippen LogP contribution in [0.3, 0.4) is 0 Å². The number of hydrogen-bond acceptors (Lipinski definition) is 2. The summed E-state index contributed by atoms with van der Waals surface area (Å²) in [5.41, 5.74) is 1.45. The molecule has 2 heterocycles. The Labute approximate surface area is 125 Å². The number of halogens is 2. The standard InChI is InChI=1S/C15H17F2N3O2/c16-13(17)9-14(21)19-7-5-10(6-8-19)20-12-4-2-1-3-11(12)18-15(20)22/h1-4,10,13H,5-9H2,(H,18,22). The van der Waals surface area contributed by atoms with Crippen molar-refractivity contribution in [2.45, 2.75) is 31.7 Å². The molecule has 118 valence electrons. The zero-order valence-corrected chi connectivity index (χ0v) is 12.0. The smallest absolute Gasteiger partial charge is 0.326 e. The highest BCUT2D eigenvalue weighted by Crippen LogP contribution is 2.25. The lowest BCUT2D eigenvalue weighted by Gasteiger charge is -2.32. The lowest BCUT2D eigenvalue weighted by Crippen LogP contribution is -2.41. The van der Waals surface area contributed by atoms with Gasteiger partial charge < -0.3 is 9.88 Å². The van der Waals surface area contributed by atoms with E-state index in [-0.39, 0.29) is 11.7 Å². The van der Waals surface area contributed by atoms with Crippen molar-refractivity contribution in [3.05, 3.63) is 34.7 Å². The number of nitrogens with one attached hydrogen (secondary N) is 1. The van der Waals surface area contributed by atoms with Crippen LogP contribution in [-0.2, 0) is 4.79 Å². The number of para-hydroxylation sites is 2. The van der Waals surface area contributed by atoms with Gasteiger partial charge in [-0.1, -0.05) is 12.1 Å². The molecule has 0 spiro atoms. The first-order valence-corrected chi connectivity index (χ1v) is 7.31. The molecule has 1 N–H and O–H groups in total. The number of alkyl halides is 2. The molecule has 1 saturated heterocycles. The van der Waals surface area contributed by atoms with E-state index in [2.05, 4.69) is 4.98 Å². The molecule has 0 atom stereocenters. The first kappa shape index (κ1) is 14.7. The molecular weight excluding hydrogens is 292 g/mol. The number of piperidine rings is 1. The third-order valence-corrected chi connectivity index (χ3v) is 4.14. The third kappa shape index (κ3) is 2.75. The van der Waals surface area contributed by atoms with Crippen molar-refractivity contribution in [3.8, 4) is 0 Å². The first-order valence-electron chi connectivity index (χ1n) is 7.31. The second-order valence-electron chi connectivity index (χ2n) is 5.52. The number of carbonyl (C=O) groups is 1. The van der Waals surface area contributed by atoms with E-state index in [0.29, 0.717) is 25.9 Å². The number of imidazole rings is 1. The van der Waals surface area contributed by atoms with E-state index in [4.69, 9.17) is 0 Å². The van der Waals surface area contributed by atoms with E-state index in [0.717, 1.165) is 11.0 Å². The van der Waals surface area contributed by atoms with Crippen molar-refractivity contribution in [2.24, 2.45) is 0 Å². The first-order chi connectivity index (χ1) is 10.6. The Bertz CT molecular complexity index is 730. The van der Waals surface area contributed by atoms with Gasteiger partial charge in [0.2, 0.25) is 12.3 Å². The molecule has 7 heteroatoms. The van der Waals surface area contributed by atoms with Gasteiger partial charge >= 0.3 is 5.69 Å². The van der Waals surface area contributed by atoms with Gasteiger partial charge in [-0.25, -0.2) is 13.6 Å². The maximum absolute atomic E-state index is 12.3. The van der Waals surface area contributed by atoms with E-state index < -0.39 is 18.8 Å². The molecule has 0 radical (unpaired) electrons. The Morgan fingerprint density at radius 2 is 1.95 bits per heavy atom. The van der Waals surface area contributed by atoms with Gasteiger partial charge in [0.15, 0.2) is 0 Å². The minimum Gasteiger partial charge on any atom is -0.342 e. The maximum Gasteiger partial charge on any atom is 0.326 e. The fourth-order valence-corrected chi connectivity index (χ4v) is 3.07. The van der Waals surface area contributed by atoms with Crippen molar-refractivity contribution in [1.29, 1.82) is 0 Å². The fraction of sp³-hybridized carbons (Fsp3) is 0.467. The minimum absolute atomic E-state index is 0.0146. The number of benzene rings is 1.